The molecule has 3 aromatic heterocycles. The van der Waals surface area contributed by atoms with E-state index in [1.807, 2.05) is 25.1 Å². The van der Waals surface area contributed by atoms with E-state index < -0.39 is 0 Å². The van der Waals surface area contributed by atoms with Crippen molar-refractivity contribution in [2.45, 2.75) is 6.54 Å². The molecular formula is C14H14N4OS. The lowest BCUT2D eigenvalue weighted by atomic mass is 10.2. The summed E-state index contributed by atoms with van der Waals surface area (Å²) >= 11 is 1.39. The van der Waals surface area contributed by atoms with Crippen molar-refractivity contribution in [3.8, 4) is 0 Å². The summed E-state index contributed by atoms with van der Waals surface area (Å²) < 4.78 is 2.20. The molecule has 0 unspecified atom stereocenters. The molecule has 0 aliphatic rings. The van der Waals surface area contributed by atoms with Gasteiger partial charge in [-0.15, -0.1) is 17.9 Å². The zero-order valence-electron chi connectivity index (χ0n) is 11.3. The van der Waals surface area contributed by atoms with Crippen LogP contribution in [0.5, 0.6) is 0 Å². The van der Waals surface area contributed by atoms with Crippen molar-refractivity contribution in [1.82, 2.24) is 14.5 Å². The zero-order valence-corrected chi connectivity index (χ0v) is 12.1. The minimum Gasteiger partial charge on any atom is -0.377 e. The first-order chi connectivity index (χ1) is 9.63. The monoisotopic (exact) mass is 286 g/mol. The molecule has 0 atom stereocenters. The summed E-state index contributed by atoms with van der Waals surface area (Å²) in [6, 6.07) is 1.94. The number of hydrogen-bond acceptors (Lipinski definition) is 5. The molecule has 0 aliphatic carbocycles. The van der Waals surface area contributed by atoms with Gasteiger partial charge in [0.2, 0.25) is 0 Å². The van der Waals surface area contributed by atoms with Crippen LogP contribution in [0.1, 0.15) is 0 Å². The Morgan fingerprint density at radius 1 is 1.45 bits per heavy atom. The number of hydrogen-bond donors (Lipinski definition) is 0. The molecule has 0 spiro atoms. The van der Waals surface area contributed by atoms with Crippen LogP contribution in [0.25, 0.3) is 20.4 Å². The summed E-state index contributed by atoms with van der Waals surface area (Å²) in [4.78, 5) is 24.1. The van der Waals surface area contributed by atoms with E-state index in [0.29, 0.717) is 11.2 Å². The number of anilines is 1. The largest absolute Gasteiger partial charge is 0.377 e. The Hall–Kier alpha value is -2.21. The van der Waals surface area contributed by atoms with E-state index in [1.165, 1.54) is 11.3 Å². The SMILES string of the molecule is C=CCn1cnc2c(sc3nccc(N(C)C)c32)c1=O. The average molecular weight is 286 g/mol. The van der Waals surface area contributed by atoms with E-state index in [1.54, 1.807) is 23.2 Å². The molecule has 0 aliphatic heterocycles. The smallest absolute Gasteiger partial charge is 0.271 e. The van der Waals surface area contributed by atoms with Gasteiger partial charge in [0.15, 0.2) is 0 Å². The van der Waals surface area contributed by atoms with E-state index in [2.05, 4.69) is 16.5 Å². The molecule has 0 amide bonds. The first-order valence-electron chi connectivity index (χ1n) is 6.18. The quantitative estimate of drug-likeness (QED) is 0.693. The average Bonchev–Trinajstić information content (AvgIpc) is 2.81. The second-order valence-corrected chi connectivity index (χ2v) is 5.67. The molecule has 3 aromatic rings. The van der Waals surface area contributed by atoms with Crippen molar-refractivity contribution in [2.24, 2.45) is 0 Å². The maximum absolute atomic E-state index is 12.4. The third-order valence-electron chi connectivity index (χ3n) is 3.13. The molecule has 0 fully saturated rings. The van der Waals surface area contributed by atoms with Crippen LogP contribution in [0.15, 0.2) is 36.0 Å². The molecule has 0 radical (unpaired) electrons. The van der Waals surface area contributed by atoms with Gasteiger partial charge in [0.1, 0.15) is 9.53 Å². The van der Waals surface area contributed by atoms with E-state index in [0.717, 1.165) is 21.4 Å². The first kappa shape index (κ1) is 12.8. The lowest BCUT2D eigenvalue weighted by molar-refractivity contribution is 0.770. The van der Waals surface area contributed by atoms with Crippen LogP contribution < -0.4 is 10.5 Å². The predicted molar refractivity (Wildman–Crippen MR) is 83.7 cm³/mol. The van der Waals surface area contributed by atoms with Gasteiger partial charge in [-0.1, -0.05) is 6.08 Å². The Labute approximate surface area is 119 Å². The first-order valence-corrected chi connectivity index (χ1v) is 7.00. The van der Waals surface area contributed by atoms with Crippen LogP contribution in [0.3, 0.4) is 0 Å². The van der Waals surface area contributed by atoms with Crippen molar-refractivity contribution in [2.75, 3.05) is 19.0 Å². The number of nitrogens with zero attached hydrogens (tertiary/aromatic N) is 4. The summed E-state index contributed by atoms with van der Waals surface area (Å²) in [5.74, 6) is 0. The Bertz CT molecular complexity index is 863. The van der Waals surface area contributed by atoms with E-state index in [9.17, 15) is 4.79 Å². The van der Waals surface area contributed by atoms with Crippen molar-refractivity contribution in [3.05, 3.63) is 41.6 Å². The van der Waals surface area contributed by atoms with Crippen LogP contribution in [0.2, 0.25) is 0 Å². The molecule has 0 bridgehead atoms. The van der Waals surface area contributed by atoms with Crippen molar-refractivity contribution in [3.63, 3.8) is 0 Å². The van der Waals surface area contributed by atoms with Crippen LogP contribution in [-0.2, 0) is 6.54 Å². The topological polar surface area (TPSA) is 51.0 Å². The number of allylic oxidation sites excluding steroid dienone is 1. The number of thiophene rings is 1. The van der Waals surface area contributed by atoms with E-state index in [4.69, 9.17) is 0 Å². The number of aromatic nitrogens is 3. The highest BCUT2D eigenvalue weighted by molar-refractivity contribution is 7.25. The standard InChI is InChI=1S/C14H14N4OS/c1-4-7-18-8-16-11-10-9(17(2)3)5-6-15-13(10)20-12(11)14(18)19/h4-6,8H,1,7H2,2-3H3. The Kier molecular flexibility index (Phi) is 3.02. The number of pyridine rings is 1. The van der Waals surface area contributed by atoms with Gasteiger partial charge in [-0.25, -0.2) is 9.97 Å². The van der Waals surface area contributed by atoms with Crippen molar-refractivity contribution in [1.29, 1.82) is 0 Å². The highest BCUT2D eigenvalue weighted by Crippen LogP contribution is 2.34. The van der Waals surface area contributed by atoms with Gasteiger partial charge in [0.25, 0.3) is 5.56 Å². The normalized spacial score (nSPS) is 11.1. The molecule has 0 saturated heterocycles. The van der Waals surface area contributed by atoms with Gasteiger partial charge in [0.05, 0.1) is 22.9 Å². The molecule has 5 nitrogen and oxygen atoms in total. The lowest BCUT2D eigenvalue weighted by Gasteiger charge is -2.13. The minimum atomic E-state index is -0.0393. The fourth-order valence-electron chi connectivity index (χ4n) is 2.21. The van der Waals surface area contributed by atoms with Gasteiger partial charge in [-0.2, -0.15) is 0 Å². The third kappa shape index (κ3) is 1.80. The van der Waals surface area contributed by atoms with Gasteiger partial charge in [-0.05, 0) is 6.07 Å². The van der Waals surface area contributed by atoms with Gasteiger partial charge in [0, 0.05) is 26.8 Å². The molecular weight excluding hydrogens is 272 g/mol. The Morgan fingerprint density at radius 3 is 2.95 bits per heavy atom. The molecule has 0 aromatic carbocycles. The lowest BCUT2D eigenvalue weighted by Crippen LogP contribution is -2.18. The summed E-state index contributed by atoms with van der Waals surface area (Å²) in [7, 11) is 3.94. The highest BCUT2D eigenvalue weighted by Gasteiger charge is 2.15. The maximum Gasteiger partial charge on any atom is 0.271 e. The molecule has 0 N–H and O–H groups in total. The second-order valence-electron chi connectivity index (χ2n) is 4.68. The maximum atomic E-state index is 12.4. The van der Waals surface area contributed by atoms with Crippen LogP contribution in [0.4, 0.5) is 5.69 Å². The zero-order chi connectivity index (χ0) is 14.3. The van der Waals surface area contributed by atoms with Crippen molar-refractivity contribution >= 4 is 37.5 Å². The summed E-state index contributed by atoms with van der Waals surface area (Å²) in [6.45, 7) is 4.12. The molecule has 102 valence electrons. The second kappa shape index (κ2) is 4.72. The van der Waals surface area contributed by atoms with Gasteiger partial charge in [-0.3, -0.25) is 9.36 Å². The van der Waals surface area contributed by atoms with Gasteiger partial charge >= 0.3 is 0 Å². The van der Waals surface area contributed by atoms with E-state index in [-0.39, 0.29) is 5.56 Å². The Balaban J connectivity index is 2.44. The summed E-state index contributed by atoms with van der Waals surface area (Å²) in [6.07, 6.45) is 5.02. The van der Waals surface area contributed by atoms with Crippen LogP contribution in [0, 0.1) is 0 Å². The molecule has 3 heterocycles. The molecule has 3 rings (SSSR count). The number of fused-ring (bicyclic) bond motifs is 3. The fourth-order valence-corrected chi connectivity index (χ4v) is 3.28. The highest BCUT2D eigenvalue weighted by atomic mass is 32.1. The molecule has 6 heteroatoms. The van der Waals surface area contributed by atoms with Gasteiger partial charge < -0.3 is 4.90 Å². The van der Waals surface area contributed by atoms with Crippen LogP contribution >= 0.6 is 11.3 Å². The summed E-state index contributed by atoms with van der Waals surface area (Å²) in [5, 5.41) is 0.945. The third-order valence-corrected chi connectivity index (χ3v) is 4.21. The Morgan fingerprint density at radius 2 is 2.25 bits per heavy atom. The van der Waals surface area contributed by atoms with E-state index >= 15 is 0 Å². The molecule has 20 heavy (non-hydrogen) atoms. The fraction of sp³-hybridized carbons (Fsp3) is 0.214. The number of rotatable bonds is 3. The van der Waals surface area contributed by atoms with Crippen LogP contribution in [-0.4, -0.2) is 28.6 Å². The summed E-state index contributed by atoms with van der Waals surface area (Å²) in [5.41, 5.74) is 1.71. The van der Waals surface area contributed by atoms with Crippen molar-refractivity contribution < 1.29 is 0 Å². The predicted octanol–water partition coefficient (Wildman–Crippen LogP) is 2.26. The minimum absolute atomic E-state index is 0.0393. The molecule has 0 saturated carbocycles.